The van der Waals surface area contributed by atoms with E-state index in [0.717, 1.165) is 16.7 Å². The third-order valence-corrected chi connectivity index (χ3v) is 6.38. The van der Waals surface area contributed by atoms with Crippen molar-refractivity contribution in [1.29, 1.82) is 0 Å². The maximum Gasteiger partial charge on any atom is 0.407 e. The highest BCUT2D eigenvalue weighted by molar-refractivity contribution is 6.28. The number of ether oxygens (including phenoxy) is 1. The number of nitrogens with zero attached hydrogens (tertiary/aromatic N) is 5. The molecule has 2 atom stereocenters. The lowest BCUT2D eigenvalue weighted by Gasteiger charge is -2.44. The predicted octanol–water partition coefficient (Wildman–Crippen LogP) is 4.83. The fourth-order valence-electron chi connectivity index (χ4n) is 4.45. The van der Waals surface area contributed by atoms with Crippen LogP contribution < -0.4 is 10.1 Å². The fraction of sp³-hybridized carbons (Fsp3) is 0.478. The van der Waals surface area contributed by atoms with E-state index in [1.54, 1.807) is 18.2 Å². The Bertz CT molecular complexity index is 1140. The number of amides is 1. The summed E-state index contributed by atoms with van der Waals surface area (Å²) < 4.78 is 7.08. The average Bonchev–Trinajstić information content (AvgIpc) is 3.20. The summed E-state index contributed by atoms with van der Waals surface area (Å²) in [4.78, 5) is 22.2. The molecule has 2 N–H and O–H groups in total. The Morgan fingerprint density at radius 1 is 1.27 bits per heavy atom. The molecule has 0 saturated carbocycles. The minimum Gasteiger partial charge on any atom is -0.497 e. The van der Waals surface area contributed by atoms with E-state index in [-0.39, 0.29) is 22.8 Å². The van der Waals surface area contributed by atoms with Gasteiger partial charge in [-0.05, 0) is 47.6 Å². The second kappa shape index (κ2) is 9.05. The molecule has 1 aliphatic rings. The van der Waals surface area contributed by atoms with Crippen molar-refractivity contribution < 1.29 is 14.6 Å². The number of aromatic nitrogens is 4. The van der Waals surface area contributed by atoms with E-state index >= 15 is 0 Å². The zero-order chi connectivity index (χ0) is 23.8. The Balaban J connectivity index is 1.60. The Hall–Kier alpha value is -3.07. The molecule has 0 spiro atoms. The average molecular weight is 473 g/mol. The smallest absolute Gasteiger partial charge is 0.407 e. The van der Waals surface area contributed by atoms with Gasteiger partial charge in [-0.25, -0.2) is 9.48 Å². The number of methoxy groups -OCH3 is 1. The van der Waals surface area contributed by atoms with Gasteiger partial charge in [0.2, 0.25) is 5.28 Å². The summed E-state index contributed by atoms with van der Waals surface area (Å²) in [6.07, 6.45) is 2.18. The van der Waals surface area contributed by atoms with E-state index in [2.05, 4.69) is 41.2 Å². The van der Waals surface area contributed by atoms with E-state index < -0.39 is 6.09 Å². The fourth-order valence-corrected chi connectivity index (χ4v) is 4.61. The molecule has 1 aliphatic heterocycles. The van der Waals surface area contributed by atoms with Crippen LogP contribution in [0, 0.1) is 5.41 Å². The topological polar surface area (TPSA) is 105 Å². The van der Waals surface area contributed by atoms with Gasteiger partial charge in [0.1, 0.15) is 11.6 Å². The minimum atomic E-state index is -0.880. The quantitative estimate of drug-likeness (QED) is 0.512. The molecule has 176 valence electrons. The number of anilines is 1. The maximum atomic E-state index is 11.8. The largest absolute Gasteiger partial charge is 0.497 e. The Morgan fingerprint density at radius 2 is 2.00 bits per heavy atom. The van der Waals surface area contributed by atoms with E-state index in [4.69, 9.17) is 16.3 Å². The number of benzene rings is 1. The van der Waals surface area contributed by atoms with Gasteiger partial charge in [-0.15, -0.1) is 0 Å². The van der Waals surface area contributed by atoms with E-state index in [9.17, 15) is 9.90 Å². The molecule has 1 fully saturated rings. The summed E-state index contributed by atoms with van der Waals surface area (Å²) in [5, 5.41) is 18.5. The lowest BCUT2D eigenvalue weighted by atomic mass is 9.79. The highest BCUT2D eigenvalue weighted by atomic mass is 35.5. The number of hydrogen-bond acceptors (Lipinski definition) is 6. The Morgan fingerprint density at radius 3 is 2.64 bits per heavy atom. The first-order valence-electron chi connectivity index (χ1n) is 10.9. The third-order valence-electron chi connectivity index (χ3n) is 6.21. The summed E-state index contributed by atoms with van der Waals surface area (Å²) in [6.45, 7) is 7.21. The number of carboxylic acid groups (broad SMARTS) is 1. The number of halogens is 1. The normalized spacial score (nSPS) is 19.0. The summed E-state index contributed by atoms with van der Waals surface area (Å²) >= 11 is 6.27. The van der Waals surface area contributed by atoms with Crippen LogP contribution in [0.15, 0.2) is 30.5 Å². The molecule has 0 radical (unpaired) electrons. The third kappa shape index (κ3) is 4.83. The van der Waals surface area contributed by atoms with E-state index in [1.807, 2.05) is 28.9 Å². The van der Waals surface area contributed by atoms with Crippen molar-refractivity contribution in [3.63, 3.8) is 0 Å². The minimum absolute atomic E-state index is 0.0164. The van der Waals surface area contributed by atoms with Crippen molar-refractivity contribution >= 4 is 34.5 Å². The number of hydrogen-bond donors (Lipinski definition) is 2. The molecule has 0 aliphatic carbocycles. The number of piperidine rings is 1. The van der Waals surface area contributed by atoms with Gasteiger partial charge in [0.15, 0.2) is 5.65 Å². The van der Waals surface area contributed by atoms with Gasteiger partial charge in [-0.1, -0.05) is 32.9 Å². The van der Waals surface area contributed by atoms with Gasteiger partial charge in [0.25, 0.3) is 0 Å². The van der Waals surface area contributed by atoms with Crippen LogP contribution in [0.4, 0.5) is 10.6 Å². The first-order chi connectivity index (χ1) is 15.7. The molecule has 0 bridgehead atoms. The number of nitrogens with one attached hydrogen (secondary N) is 1. The molecule has 1 aromatic carbocycles. The molecular weight excluding hydrogens is 444 g/mol. The second-order valence-electron chi connectivity index (χ2n) is 9.41. The predicted molar refractivity (Wildman–Crippen MR) is 127 cm³/mol. The van der Waals surface area contributed by atoms with Crippen LogP contribution >= 0.6 is 11.6 Å². The van der Waals surface area contributed by atoms with Gasteiger partial charge >= 0.3 is 6.09 Å². The first kappa shape index (κ1) is 23.1. The van der Waals surface area contributed by atoms with E-state index in [1.165, 1.54) is 0 Å². The van der Waals surface area contributed by atoms with Crippen molar-refractivity contribution in [2.24, 2.45) is 5.41 Å². The summed E-state index contributed by atoms with van der Waals surface area (Å²) in [6, 6.07) is 7.68. The summed E-state index contributed by atoms with van der Waals surface area (Å²) in [7, 11) is 1.64. The van der Waals surface area contributed by atoms with Crippen LogP contribution in [0.1, 0.15) is 45.2 Å². The molecule has 10 heteroatoms. The van der Waals surface area contributed by atoms with Crippen molar-refractivity contribution in [3.05, 3.63) is 41.3 Å². The van der Waals surface area contributed by atoms with E-state index in [0.29, 0.717) is 37.4 Å². The van der Waals surface area contributed by atoms with Crippen molar-refractivity contribution in [2.75, 3.05) is 19.0 Å². The van der Waals surface area contributed by atoms with Crippen molar-refractivity contribution in [1.82, 2.24) is 24.6 Å². The van der Waals surface area contributed by atoms with Gasteiger partial charge in [-0.2, -0.15) is 15.1 Å². The summed E-state index contributed by atoms with van der Waals surface area (Å²) in [5.41, 5.74) is 1.52. The zero-order valence-corrected chi connectivity index (χ0v) is 20.0. The Kier molecular flexibility index (Phi) is 6.34. The van der Waals surface area contributed by atoms with Crippen LogP contribution in [-0.2, 0) is 6.54 Å². The molecule has 2 aromatic heterocycles. The van der Waals surface area contributed by atoms with Crippen LogP contribution in [0.2, 0.25) is 5.28 Å². The molecule has 3 heterocycles. The first-order valence-corrected chi connectivity index (χ1v) is 11.3. The zero-order valence-electron chi connectivity index (χ0n) is 19.2. The van der Waals surface area contributed by atoms with Crippen LogP contribution in [0.5, 0.6) is 5.75 Å². The van der Waals surface area contributed by atoms with Gasteiger partial charge in [0, 0.05) is 19.1 Å². The number of carbonyl (C=O) groups is 1. The van der Waals surface area contributed by atoms with Crippen LogP contribution in [0.25, 0.3) is 11.0 Å². The lowest BCUT2D eigenvalue weighted by Crippen LogP contribution is -2.51. The molecule has 3 aromatic rings. The monoisotopic (exact) mass is 472 g/mol. The highest BCUT2D eigenvalue weighted by Crippen LogP contribution is 2.38. The highest BCUT2D eigenvalue weighted by Gasteiger charge is 2.40. The van der Waals surface area contributed by atoms with Gasteiger partial charge < -0.3 is 20.1 Å². The maximum absolute atomic E-state index is 11.8. The SMILES string of the molecule is COc1ccc(CNc2nc(Cl)nc3c2cnn3C2CCN(C(=O)O)C(C(C)(C)C)C2)cc1. The number of fused-ring (bicyclic) bond motifs is 1. The van der Waals surface area contributed by atoms with Crippen molar-refractivity contribution in [3.8, 4) is 5.75 Å². The van der Waals surface area contributed by atoms with Crippen LogP contribution in [0.3, 0.4) is 0 Å². The van der Waals surface area contributed by atoms with Gasteiger partial charge in [-0.3, -0.25) is 0 Å². The standard InChI is InChI=1S/C23H29ClN6O3/c1-23(2,3)18-11-15(9-10-29(18)22(31)32)30-20-17(13-26-30)19(27-21(24)28-20)25-12-14-5-7-16(33-4)8-6-14/h5-8,13,15,18H,9-12H2,1-4H3,(H,31,32)(H,25,27,28). The lowest BCUT2D eigenvalue weighted by molar-refractivity contribution is 0.0415. The van der Waals surface area contributed by atoms with Crippen LogP contribution in [-0.4, -0.2) is 55.5 Å². The summed E-state index contributed by atoms with van der Waals surface area (Å²) in [5.74, 6) is 1.41. The molecule has 2 unspecified atom stereocenters. The molecular formula is C23H29ClN6O3. The number of rotatable bonds is 5. The molecule has 1 saturated heterocycles. The molecule has 9 nitrogen and oxygen atoms in total. The van der Waals surface area contributed by atoms with Crippen molar-refractivity contribution in [2.45, 2.75) is 52.2 Å². The second-order valence-corrected chi connectivity index (χ2v) is 9.74. The molecule has 1 amide bonds. The molecule has 33 heavy (non-hydrogen) atoms. The Labute approximate surface area is 197 Å². The molecule has 4 rings (SSSR count). The van der Waals surface area contributed by atoms with Gasteiger partial charge in [0.05, 0.1) is 24.7 Å². The number of likely N-dealkylation sites (tertiary alicyclic amines) is 1.